The average molecular weight is 200 g/mol. The Labute approximate surface area is 88.0 Å². The summed E-state index contributed by atoms with van der Waals surface area (Å²) in [6, 6.07) is 0. The highest BCUT2D eigenvalue weighted by molar-refractivity contribution is 4.88. The molecule has 0 aromatic carbocycles. The molecule has 1 aliphatic carbocycles. The first-order valence-electron chi connectivity index (χ1n) is 6.03. The summed E-state index contributed by atoms with van der Waals surface area (Å²) in [5.74, 6) is 0.936. The molecule has 14 heavy (non-hydrogen) atoms. The molecular weight excluding hydrogens is 176 g/mol. The molecule has 84 valence electrons. The van der Waals surface area contributed by atoms with Gasteiger partial charge in [0.2, 0.25) is 0 Å². The lowest BCUT2D eigenvalue weighted by Gasteiger charge is -2.42. The maximum atomic E-state index is 5.78. The first-order chi connectivity index (χ1) is 6.76. The molecular formula is C12H24O2. The number of hydrogen-bond donors (Lipinski definition) is 0. The molecule has 1 aliphatic heterocycles. The van der Waals surface area contributed by atoms with Gasteiger partial charge in [-0.05, 0) is 12.8 Å². The Balaban J connectivity index is 0.000000461. The zero-order valence-electron chi connectivity index (χ0n) is 10.0. The average Bonchev–Trinajstić information content (AvgIpc) is 2.68. The minimum absolute atomic E-state index is 0.210. The van der Waals surface area contributed by atoms with Gasteiger partial charge in [0.15, 0.2) is 5.79 Å². The van der Waals surface area contributed by atoms with E-state index >= 15 is 0 Å². The third-order valence-corrected chi connectivity index (χ3v) is 3.39. The molecule has 0 N–H and O–H groups in total. The SMILES string of the molecule is CC.CC1CCCC(C)C12OCCO2. The fraction of sp³-hybridized carbons (Fsp3) is 1.00. The van der Waals surface area contributed by atoms with Crippen LogP contribution < -0.4 is 0 Å². The molecule has 1 saturated carbocycles. The third-order valence-electron chi connectivity index (χ3n) is 3.39. The molecule has 2 heteroatoms. The summed E-state index contributed by atoms with van der Waals surface area (Å²) in [4.78, 5) is 0. The summed E-state index contributed by atoms with van der Waals surface area (Å²) in [6.07, 6.45) is 3.84. The molecule has 0 aromatic rings. The zero-order chi connectivity index (χ0) is 10.6. The van der Waals surface area contributed by atoms with Crippen molar-refractivity contribution >= 4 is 0 Å². The van der Waals surface area contributed by atoms with Crippen LogP contribution in [0.5, 0.6) is 0 Å². The van der Waals surface area contributed by atoms with Crippen LogP contribution in [0.15, 0.2) is 0 Å². The largest absolute Gasteiger partial charge is 0.347 e. The Hall–Kier alpha value is -0.0800. The molecule has 2 rings (SSSR count). The zero-order valence-corrected chi connectivity index (χ0v) is 10.0. The normalized spacial score (nSPS) is 35.1. The summed E-state index contributed by atoms with van der Waals surface area (Å²) in [7, 11) is 0. The lowest BCUT2D eigenvalue weighted by molar-refractivity contribution is -0.237. The van der Waals surface area contributed by atoms with Crippen LogP contribution in [0.4, 0.5) is 0 Å². The first-order valence-corrected chi connectivity index (χ1v) is 6.03. The van der Waals surface area contributed by atoms with Gasteiger partial charge < -0.3 is 9.47 Å². The van der Waals surface area contributed by atoms with Crippen molar-refractivity contribution in [2.24, 2.45) is 11.8 Å². The highest BCUT2D eigenvalue weighted by atomic mass is 16.7. The van der Waals surface area contributed by atoms with Crippen molar-refractivity contribution in [1.82, 2.24) is 0 Å². The van der Waals surface area contributed by atoms with Gasteiger partial charge in [-0.25, -0.2) is 0 Å². The van der Waals surface area contributed by atoms with Gasteiger partial charge in [0.25, 0.3) is 0 Å². The predicted octanol–water partition coefficient (Wildman–Crippen LogP) is 3.21. The van der Waals surface area contributed by atoms with Gasteiger partial charge in [-0.15, -0.1) is 0 Å². The van der Waals surface area contributed by atoms with Crippen molar-refractivity contribution in [3.8, 4) is 0 Å². The third kappa shape index (κ3) is 1.96. The molecule has 0 amide bonds. The van der Waals surface area contributed by atoms with Crippen LogP contribution in [0.25, 0.3) is 0 Å². The second-order valence-corrected chi connectivity index (χ2v) is 4.15. The molecule has 2 nitrogen and oxygen atoms in total. The van der Waals surface area contributed by atoms with Crippen molar-refractivity contribution in [3.05, 3.63) is 0 Å². The number of rotatable bonds is 0. The summed E-state index contributed by atoms with van der Waals surface area (Å²) in [5, 5.41) is 0. The van der Waals surface area contributed by atoms with Gasteiger partial charge in [0.05, 0.1) is 13.2 Å². The Morgan fingerprint density at radius 2 is 1.36 bits per heavy atom. The van der Waals surface area contributed by atoms with E-state index in [4.69, 9.17) is 9.47 Å². The van der Waals surface area contributed by atoms with E-state index in [1.807, 2.05) is 13.8 Å². The van der Waals surface area contributed by atoms with Gasteiger partial charge >= 0.3 is 0 Å². The maximum absolute atomic E-state index is 5.78. The summed E-state index contributed by atoms with van der Waals surface area (Å²) in [5.41, 5.74) is 0. The molecule has 1 heterocycles. The Kier molecular flexibility index (Phi) is 4.39. The molecule has 0 radical (unpaired) electrons. The van der Waals surface area contributed by atoms with Crippen LogP contribution in [0, 0.1) is 11.8 Å². The van der Waals surface area contributed by atoms with Crippen LogP contribution in [0.1, 0.15) is 47.0 Å². The molecule has 2 fully saturated rings. The van der Waals surface area contributed by atoms with E-state index in [1.54, 1.807) is 0 Å². The van der Waals surface area contributed by atoms with Crippen molar-refractivity contribution in [1.29, 1.82) is 0 Å². The molecule has 0 bridgehead atoms. The molecule has 2 unspecified atom stereocenters. The van der Waals surface area contributed by atoms with Crippen LogP contribution in [-0.2, 0) is 9.47 Å². The molecule has 2 atom stereocenters. The van der Waals surface area contributed by atoms with E-state index in [-0.39, 0.29) is 5.79 Å². The van der Waals surface area contributed by atoms with E-state index in [1.165, 1.54) is 19.3 Å². The lowest BCUT2D eigenvalue weighted by atomic mass is 9.77. The highest BCUT2D eigenvalue weighted by Gasteiger charge is 2.48. The predicted molar refractivity (Wildman–Crippen MR) is 58.2 cm³/mol. The van der Waals surface area contributed by atoms with E-state index < -0.39 is 0 Å². The van der Waals surface area contributed by atoms with E-state index in [0.29, 0.717) is 11.8 Å². The Morgan fingerprint density at radius 3 is 1.79 bits per heavy atom. The van der Waals surface area contributed by atoms with Crippen LogP contribution in [-0.4, -0.2) is 19.0 Å². The van der Waals surface area contributed by atoms with Crippen LogP contribution in [0.2, 0.25) is 0 Å². The van der Waals surface area contributed by atoms with Crippen molar-refractivity contribution in [3.63, 3.8) is 0 Å². The topological polar surface area (TPSA) is 18.5 Å². The lowest BCUT2D eigenvalue weighted by Crippen LogP contribution is -2.46. The highest BCUT2D eigenvalue weighted by Crippen LogP contribution is 2.43. The second kappa shape index (κ2) is 5.13. The Morgan fingerprint density at radius 1 is 0.929 bits per heavy atom. The van der Waals surface area contributed by atoms with Crippen molar-refractivity contribution in [2.45, 2.75) is 52.7 Å². The Bertz CT molecular complexity index is 150. The second-order valence-electron chi connectivity index (χ2n) is 4.15. The molecule has 0 aromatic heterocycles. The maximum Gasteiger partial charge on any atom is 0.173 e. The van der Waals surface area contributed by atoms with Crippen LogP contribution >= 0.6 is 0 Å². The quantitative estimate of drug-likeness (QED) is 0.598. The fourth-order valence-corrected chi connectivity index (χ4v) is 2.63. The number of hydrogen-bond acceptors (Lipinski definition) is 2. The molecule has 1 spiro atoms. The summed E-state index contributed by atoms with van der Waals surface area (Å²) in [6.45, 7) is 10.1. The van der Waals surface area contributed by atoms with E-state index in [0.717, 1.165) is 13.2 Å². The van der Waals surface area contributed by atoms with Crippen molar-refractivity contribution < 1.29 is 9.47 Å². The summed E-state index contributed by atoms with van der Waals surface area (Å²) >= 11 is 0. The minimum atomic E-state index is -0.210. The van der Waals surface area contributed by atoms with Gasteiger partial charge in [-0.1, -0.05) is 34.1 Å². The van der Waals surface area contributed by atoms with Gasteiger partial charge in [0.1, 0.15) is 0 Å². The monoisotopic (exact) mass is 200 g/mol. The fourth-order valence-electron chi connectivity index (χ4n) is 2.63. The van der Waals surface area contributed by atoms with Gasteiger partial charge in [0, 0.05) is 11.8 Å². The van der Waals surface area contributed by atoms with Crippen LogP contribution in [0.3, 0.4) is 0 Å². The van der Waals surface area contributed by atoms with Gasteiger partial charge in [-0.2, -0.15) is 0 Å². The van der Waals surface area contributed by atoms with E-state index in [2.05, 4.69) is 13.8 Å². The molecule has 2 aliphatic rings. The smallest absolute Gasteiger partial charge is 0.173 e. The number of ether oxygens (including phenoxy) is 2. The van der Waals surface area contributed by atoms with Crippen molar-refractivity contribution in [2.75, 3.05) is 13.2 Å². The van der Waals surface area contributed by atoms with E-state index in [9.17, 15) is 0 Å². The first kappa shape index (κ1) is 12.0. The molecule has 1 saturated heterocycles. The minimum Gasteiger partial charge on any atom is -0.347 e. The van der Waals surface area contributed by atoms with Gasteiger partial charge in [-0.3, -0.25) is 0 Å². The summed E-state index contributed by atoms with van der Waals surface area (Å²) < 4.78 is 11.6. The standard InChI is InChI=1S/C10H18O2.C2H6/c1-8-4-3-5-9(2)10(8)11-6-7-12-10;1-2/h8-9H,3-7H2,1-2H3;1-2H3.